The molecule has 0 aliphatic carbocycles. The minimum Gasteiger partial charge on any atom is -0.463 e. The Morgan fingerprint density at radius 3 is 2.63 bits per heavy atom. The molecule has 0 unspecified atom stereocenters. The minimum absolute atomic E-state index is 0.0848. The number of benzene rings is 2. The second kappa shape index (κ2) is 8.59. The lowest BCUT2D eigenvalue weighted by Crippen LogP contribution is -2.24. The summed E-state index contributed by atoms with van der Waals surface area (Å²) in [5, 5.41) is 1.18. The molecule has 6 nitrogen and oxygen atoms in total. The lowest BCUT2D eigenvalue weighted by molar-refractivity contribution is 0.0563. The number of thioether (sulfide) groups is 1. The maximum atomic E-state index is 13.2. The lowest BCUT2D eigenvalue weighted by atomic mass is 10.1. The molecule has 0 aliphatic heterocycles. The van der Waals surface area contributed by atoms with E-state index in [-0.39, 0.29) is 11.3 Å². The summed E-state index contributed by atoms with van der Waals surface area (Å²) in [5.74, 6) is 0.656. The molecule has 30 heavy (non-hydrogen) atoms. The number of furan rings is 1. The van der Waals surface area contributed by atoms with E-state index < -0.39 is 5.97 Å². The van der Waals surface area contributed by atoms with E-state index >= 15 is 0 Å². The average molecular weight is 420 g/mol. The van der Waals surface area contributed by atoms with Crippen LogP contribution in [0.5, 0.6) is 0 Å². The largest absolute Gasteiger partial charge is 0.463 e. The predicted molar refractivity (Wildman–Crippen MR) is 116 cm³/mol. The van der Waals surface area contributed by atoms with E-state index in [0.717, 1.165) is 11.1 Å². The number of hydrogen-bond acceptors (Lipinski definition) is 6. The van der Waals surface area contributed by atoms with E-state index in [1.807, 2.05) is 49.4 Å². The molecule has 4 rings (SSSR count). The van der Waals surface area contributed by atoms with Gasteiger partial charge in [-0.1, -0.05) is 53.7 Å². The molecule has 0 radical (unpaired) electrons. The number of ether oxygens (including phenoxy) is 1. The molecule has 2 aromatic heterocycles. The molecule has 2 aromatic carbocycles. The molecule has 0 saturated carbocycles. The third-order valence-corrected chi connectivity index (χ3v) is 5.68. The SMILES string of the molecule is COC(=O)c1ccc(CSc2nc3ccccc3c(=O)n2Cc2ccc(C)cc2)o1. The molecule has 152 valence electrons. The van der Waals surface area contributed by atoms with Crippen molar-refractivity contribution in [2.24, 2.45) is 0 Å². The van der Waals surface area contributed by atoms with Crippen molar-refractivity contribution in [1.29, 1.82) is 0 Å². The van der Waals surface area contributed by atoms with Crippen molar-refractivity contribution in [3.63, 3.8) is 0 Å². The summed E-state index contributed by atoms with van der Waals surface area (Å²) in [7, 11) is 1.31. The van der Waals surface area contributed by atoms with Gasteiger partial charge in [-0.05, 0) is 36.8 Å². The predicted octanol–water partition coefficient (Wildman–Crippen LogP) is 4.43. The fourth-order valence-electron chi connectivity index (χ4n) is 3.07. The third-order valence-electron chi connectivity index (χ3n) is 4.68. The molecule has 0 N–H and O–H groups in total. The van der Waals surface area contributed by atoms with E-state index in [4.69, 9.17) is 9.40 Å². The smallest absolute Gasteiger partial charge is 0.373 e. The van der Waals surface area contributed by atoms with Crippen molar-refractivity contribution in [3.8, 4) is 0 Å². The van der Waals surface area contributed by atoms with Gasteiger partial charge in [-0.15, -0.1) is 0 Å². The van der Waals surface area contributed by atoms with E-state index in [1.54, 1.807) is 22.8 Å². The normalized spacial score (nSPS) is 11.0. The number of para-hydroxylation sites is 1. The number of aromatic nitrogens is 2. The van der Waals surface area contributed by atoms with Gasteiger partial charge >= 0.3 is 5.97 Å². The van der Waals surface area contributed by atoms with E-state index in [1.165, 1.54) is 18.9 Å². The van der Waals surface area contributed by atoms with Gasteiger partial charge in [-0.3, -0.25) is 9.36 Å². The maximum Gasteiger partial charge on any atom is 0.373 e. The van der Waals surface area contributed by atoms with Crippen LogP contribution in [0.3, 0.4) is 0 Å². The van der Waals surface area contributed by atoms with Gasteiger partial charge in [0.2, 0.25) is 5.76 Å². The van der Waals surface area contributed by atoms with Gasteiger partial charge in [-0.2, -0.15) is 0 Å². The van der Waals surface area contributed by atoms with Gasteiger partial charge < -0.3 is 9.15 Å². The van der Waals surface area contributed by atoms with Crippen molar-refractivity contribution >= 4 is 28.6 Å². The highest BCUT2D eigenvalue weighted by molar-refractivity contribution is 7.98. The fraction of sp³-hybridized carbons (Fsp3) is 0.174. The number of carbonyl (C=O) groups is 1. The molecular formula is C23H20N2O4S. The monoisotopic (exact) mass is 420 g/mol. The van der Waals surface area contributed by atoms with Gasteiger partial charge in [0, 0.05) is 0 Å². The first-order valence-corrected chi connectivity index (χ1v) is 10.4. The summed E-state index contributed by atoms with van der Waals surface area (Å²) in [5.41, 5.74) is 2.75. The first-order valence-electron chi connectivity index (χ1n) is 9.40. The molecule has 7 heteroatoms. The van der Waals surface area contributed by atoms with Crippen LogP contribution in [0, 0.1) is 6.92 Å². The van der Waals surface area contributed by atoms with Crippen LogP contribution in [0.1, 0.15) is 27.4 Å². The molecule has 0 aliphatic rings. The van der Waals surface area contributed by atoms with E-state index in [2.05, 4.69) is 4.74 Å². The van der Waals surface area contributed by atoms with Gasteiger partial charge in [0.05, 0.1) is 30.3 Å². The molecule has 0 saturated heterocycles. The van der Waals surface area contributed by atoms with Crippen LogP contribution in [0.2, 0.25) is 0 Å². The van der Waals surface area contributed by atoms with Crippen LogP contribution in [0.15, 0.2) is 75.0 Å². The quantitative estimate of drug-likeness (QED) is 0.261. The number of hydrogen-bond donors (Lipinski definition) is 0. The number of fused-ring (bicyclic) bond motifs is 1. The summed E-state index contributed by atoms with van der Waals surface area (Å²) in [6.45, 7) is 2.45. The Hall–Kier alpha value is -3.32. The Balaban J connectivity index is 1.68. The fourth-order valence-corrected chi connectivity index (χ4v) is 3.97. The van der Waals surface area contributed by atoms with Crippen molar-refractivity contribution < 1.29 is 13.9 Å². The second-order valence-electron chi connectivity index (χ2n) is 6.83. The van der Waals surface area contributed by atoms with Crippen LogP contribution in [-0.2, 0) is 17.0 Å². The number of rotatable bonds is 6. The number of esters is 1. The second-order valence-corrected chi connectivity index (χ2v) is 7.78. The highest BCUT2D eigenvalue weighted by Gasteiger charge is 2.15. The van der Waals surface area contributed by atoms with Crippen LogP contribution < -0.4 is 5.56 Å². The lowest BCUT2D eigenvalue weighted by Gasteiger charge is -2.13. The Kier molecular flexibility index (Phi) is 5.72. The van der Waals surface area contributed by atoms with Crippen molar-refractivity contribution in [1.82, 2.24) is 9.55 Å². The van der Waals surface area contributed by atoms with Crippen molar-refractivity contribution in [2.45, 2.75) is 24.4 Å². The number of methoxy groups -OCH3 is 1. The highest BCUT2D eigenvalue weighted by atomic mass is 32.2. The topological polar surface area (TPSA) is 74.3 Å². The number of carbonyl (C=O) groups excluding carboxylic acids is 1. The molecule has 0 fully saturated rings. The van der Waals surface area contributed by atoms with Gasteiger partial charge in [0.1, 0.15) is 5.76 Å². The van der Waals surface area contributed by atoms with Gasteiger partial charge in [0.25, 0.3) is 5.56 Å². The Morgan fingerprint density at radius 1 is 1.10 bits per heavy atom. The third kappa shape index (κ3) is 4.16. The highest BCUT2D eigenvalue weighted by Crippen LogP contribution is 2.24. The zero-order chi connectivity index (χ0) is 21.1. The zero-order valence-electron chi connectivity index (χ0n) is 16.6. The summed E-state index contributed by atoms with van der Waals surface area (Å²) in [6, 6.07) is 18.7. The average Bonchev–Trinajstić information content (AvgIpc) is 3.24. The van der Waals surface area contributed by atoms with Crippen LogP contribution in [-0.4, -0.2) is 22.6 Å². The van der Waals surface area contributed by atoms with Crippen molar-refractivity contribution in [3.05, 3.63) is 93.7 Å². The summed E-state index contributed by atoms with van der Waals surface area (Å²) in [6.07, 6.45) is 0. The summed E-state index contributed by atoms with van der Waals surface area (Å²) < 4.78 is 11.9. The molecule has 4 aromatic rings. The van der Waals surface area contributed by atoms with Crippen LogP contribution in [0.4, 0.5) is 0 Å². The van der Waals surface area contributed by atoms with E-state index in [0.29, 0.717) is 34.1 Å². The first kappa shape index (κ1) is 20.0. The minimum atomic E-state index is -0.522. The van der Waals surface area contributed by atoms with E-state index in [9.17, 15) is 9.59 Å². The Morgan fingerprint density at radius 2 is 1.87 bits per heavy atom. The molecule has 0 amide bonds. The summed E-state index contributed by atoms with van der Waals surface area (Å²) >= 11 is 1.39. The number of aryl methyl sites for hydroxylation is 1. The zero-order valence-corrected chi connectivity index (χ0v) is 17.4. The molecule has 0 atom stereocenters. The Bertz CT molecular complexity index is 1260. The Labute approximate surface area is 177 Å². The molecule has 0 bridgehead atoms. The van der Waals surface area contributed by atoms with Gasteiger partial charge in [-0.25, -0.2) is 9.78 Å². The van der Waals surface area contributed by atoms with Crippen LogP contribution >= 0.6 is 11.8 Å². The number of nitrogens with zero attached hydrogens (tertiary/aromatic N) is 2. The molecular weight excluding hydrogens is 400 g/mol. The summed E-state index contributed by atoms with van der Waals surface area (Å²) in [4.78, 5) is 29.5. The molecule has 2 heterocycles. The maximum absolute atomic E-state index is 13.2. The standard InChI is InChI=1S/C23H20N2O4S/c1-15-7-9-16(10-8-15)13-25-21(26)18-5-3-4-6-19(18)24-23(25)30-14-17-11-12-20(29-17)22(27)28-2/h3-12H,13-14H2,1-2H3. The van der Waals surface area contributed by atoms with Crippen LogP contribution in [0.25, 0.3) is 10.9 Å². The van der Waals surface area contributed by atoms with Crippen molar-refractivity contribution in [2.75, 3.05) is 7.11 Å². The van der Waals surface area contributed by atoms with Gasteiger partial charge in [0.15, 0.2) is 5.16 Å². The first-order chi connectivity index (χ1) is 14.5. The molecule has 0 spiro atoms.